The average Bonchev–Trinajstić information content (AvgIpc) is 3.26. The molecule has 0 radical (unpaired) electrons. The Kier molecular flexibility index (Phi) is 4.51. The normalized spacial score (nSPS) is 20.9. The minimum Gasteiger partial charge on any atom is -0.317 e. The summed E-state index contributed by atoms with van der Waals surface area (Å²) < 4.78 is 1.06. The predicted molar refractivity (Wildman–Crippen MR) is 81.0 cm³/mol. The van der Waals surface area contributed by atoms with Crippen molar-refractivity contribution in [2.24, 2.45) is 5.92 Å². The molecule has 0 amide bonds. The Bertz CT molecular complexity index is 396. The number of hydrogen-bond acceptors (Lipinski definition) is 3. The fourth-order valence-corrected chi connectivity index (χ4v) is 3.12. The lowest BCUT2D eigenvalue weighted by atomic mass is 9.97. The van der Waals surface area contributed by atoms with Crippen molar-refractivity contribution < 1.29 is 0 Å². The quantitative estimate of drug-likeness (QED) is 0.903. The fraction of sp³-hybridized carbons (Fsp3) is 0.667. The first-order valence-corrected chi connectivity index (χ1v) is 8.16. The van der Waals surface area contributed by atoms with Crippen LogP contribution in [0.2, 0.25) is 0 Å². The molecular formula is C15H22BrN3. The van der Waals surface area contributed by atoms with E-state index in [-0.39, 0.29) is 0 Å². The number of pyridine rings is 1. The molecule has 0 unspecified atom stereocenters. The first kappa shape index (κ1) is 13.5. The molecule has 1 aliphatic carbocycles. The van der Waals surface area contributed by atoms with Crippen LogP contribution in [0.4, 0.5) is 0 Å². The van der Waals surface area contributed by atoms with Gasteiger partial charge in [-0.05, 0) is 72.8 Å². The van der Waals surface area contributed by atoms with Crippen LogP contribution in [-0.2, 0) is 6.54 Å². The molecule has 1 N–H and O–H groups in total. The van der Waals surface area contributed by atoms with Crippen molar-refractivity contribution in [3.8, 4) is 0 Å². The van der Waals surface area contributed by atoms with Crippen LogP contribution in [0, 0.1) is 5.92 Å². The van der Waals surface area contributed by atoms with Gasteiger partial charge in [-0.3, -0.25) is 9.88 Å². The molecule has 3 rings (SSSR count). The monoisotopic (exact) mass is 323 g/mol. The van der Waals surface area contributed by atoms with E-state index in [0.717, 1.165) is 23.0 Å². The van der Waals surface area contributed by atoms with Crippen LogP contribution >= 0.6 is 15.9 Å². The van der Waals surface area contributed by atoms with Crippen molar-refractivity contribution >= 4 is 15.9 Å². The molecule has 2 aliphatic rings. The summed E-state index contributed by atoms with van der Waals surface area (Å²) in [7, 11) is 0. The van der Waals surface area contributed by atoms with E-state index >= 15 is 0 Å². The molecule has 0 bridgehead atoms. The fourth-order valence-electron chi connectivity index (χ4n) is 2.89. The number of nitrogens with one attached hydrogen (secondary N) is 1. The molecule has 0 spiro atoms. The summed E-state index contributed by atoms with van der Waals surface area (Å²) in [6.45, 7) is 4.66. The first-order chi connectivity index (χ1) is 9.31. The van der Waals surface area contributed by atoms with Crippen molar-refractivity contribution in [1.29, 1.82) is 0 Å². The Labute approximate surface area is 123 Å². The van der Waals surface area contributed by atoms with Gasteiger partial charge in [0, 0.05) is 29.8 Å². The second-order valence-electron chi connectivity index (χ2n) is 5.82. The largest absolute Gasteiger partial charge is 0.317 e. The average molecular weight is 324 g/mol. The van der Waals surface area contributed by atoms with Gasteiger partial charge in [0.2, 0.25) is 0 Å². The molecule has 3 nitrogen and oxygen atoms in total. The van der Waals surface area contributed by atoms with Crippen LogP contribution in [0.5, 0.6) is 0 Å². The highest BCUT2D eigenvalue weighted by molar-refractivity contribution is 9.10. The van der Waals surface area contributed by atoms with Gasteiger partial charge in [0.05, 0.1) is 5.69 Å². The minimum absolute atomic E-state index is 0.820. The third kappa shape index (κ3) is 4.01. The maximum Gasteiger partial charge on any atom is 0.0544 e. The number of hydrogen-bond donors (Lipinski definition) is 1. The molecular weight excluding hydrogens is 302 g/mol. The van der Waals surface area contributed by atoms with Crippen molar-refractivity contribution in [3.05, 3.63) is 28.5 Å². The van der Waals surface area contributed by atoms with Crippen LogP contribution in [-0.4, -0.2) is 35.6 Å². The zero-order valence-corrected chi connectivity index (χ0v) is 12.9. The molecule has 1 aliphatic heterocycles. The third-order valence-corrected chi connectivity index (χ3v) is 4.64. The summed E-state index contributed by atoms with van der Waals surface area (Å²) in [6.07, 6.45) is 7.32. The van der Waals surface area contributed by atoms with Gasteiger partial charge >= 0.3 is 0 Å². The van der Waals surface area contributed by atoms with Gasteiger partial charge in [0.15, 0.2) is 0 Å². The van der Waals surface area contributed by atoms with E-state index in [1.54, 1.807) is 0 Å². The van der Waals surface area contributed by atoms with Gasteiger partial charge in [-0.25, -0.2) is 0 Å². The highest BCUT2D eigenvalue weighted by Crippen LogP contribution is 2.30. The number of piperidine rings is 1. The van der Waals surface area contributed by atoms with E-state index < -0.39 is 0 Å². The molecule has 19 heavy (non-hydrogen) atoms. The van der Waals surface area contributed by atoms with Gasteiger partial charge in [0.1, 0.15) is 0 Å². The Hall–Kier alpha value is -0.450. The smallest absolute Gasteiger partial charge is 0.0544 e. The summed E-state index contributed by atoms with van der Waals surface area (Å²) in [6, 6.07) is 5.06. The van der Waals surface area contributed by atoms with E-state index in [2.05, 4.69) is 43.3 Å². The summed E-state index contributed by atoms with van der Waals surface area (Å²) in [4.78, 5) is 7.18. The number of nitrogens with zero attached hydrogens (tertiary/aromatic N) is 2. The number of aromatic nitrogens is 1. The Morgan fingerprint density at radius 1 is 1.21 bits per heavy atom. The SMILES string of the molecule is Brc1ccc(CN(CC2CCNCC2)C2CC2)nc1. The van der Waals surface area contributed by atoms with Crippen LogP contribution in [0.25, 0.3) is 0 Å². The number of halogens is 1. The first-order valence-electron chi connectivity index (χ1n) is 7.36. The molecule has 4 heteroatoms. The molecule has 1 aromatic rings. The van der Waals surface area contributed by atoms with Crippen molar-refractivity contribution in [1.82, 2.24) is 15.2 Å². The lowest BCUT2D eigenvalue weighted by Gasteiger charge is -2.30. The molecule has 2 heterocycles. The second-order valence-corrected chi connectivity index (χ2v) is 6.74. The molecule has 2 fully saturated rings. The summed E-state index contributed by atoms with van der Waals surface area (Å²) in [5.41, 5.74) is 1.20. The van der Waals surface area contributed by atoms with Crippen LogP contribution in [0.3, 0.4) is 0 Å². The lowest BCUT2D eigenvalue weighted by Crippen LogP contribution is -2.37. The Morgan fingerprint density at radius 3 is 2.63 bits per heavy atom. The van der Waals surface area contributed by atoms with Crippen LogP contribution < -0.4 is 5.32 Å². The zero-order chi connectivity index (χ0) is 13.1. The van der Waals surface area contributed by atoms with Crippen molar-refractivity contribution in [2.45, 2.75) is 38.3 Å². The van der Waals surface area contributed by atoms with Gasteiger partial charge < -0.3 is 5.32 Å². The maximum absolute atomic E-state index is 4.52. The van der Waals surface area contributed by atoms with Crippen LogP contribution in [0.15, 0.2) is 22.8 Å². The van der Waals surface area contributed by atoms with Gasteiger partial charge in [-0.15, -0.1) is 0 Å². The van der Waals surface area contributed by atoms with E-state index in [9.17, 15) is 0 Å². The van der Waals surface area contributed by atoms with Gasteiger partial charge in [-0.2, -0.15) is 0 Å². The molecule has 1 saturated carbocycles. The highest BCUT2D eigenvalue weighted by Gasteiger charge is 2.31. The Balaban J connectivity index is 1.59. The van der Waals surface area contributed by atoms with E-state index in [4.69, 9.17) is 0 Å². The predicted octanol–water partition coefficient (Wildman–Crippen LogP) is 2.81. The summed E-state index contributed by atoms with van der Waals surface area (Å²) in [5.74, 6) is 0.872. The van der Waals surface area contributed by atoms with Crippen LogP contribution in [0.1, 0.15) is 31.4 Å². The topological polar surface area (TPSA) is 28.2 Å². The lowest BCUT2D eigenvalue weighted by molar-refractivity contribution is 0.188. The number of rotatable bonds is 5. The molecule has 1 aromatic heterocycles. The molecule has 104 valence electrons. The molecule has 1 saturated heterocycles. The maximum atomic E-state index is 4.52. The van der Waals surface area contributed by atoms with E-state index in [1.807, 2.05) is 6.20 Å². The third-order valence-electron chi connectivity index (χ3n) is 4.17. The van der Waals surface area contributed by atoms with Crippen molar-refractivity contribution in [3.63, 3.8) is 0 Å². The Morgan fingerprint density at radius 2 is 2.00 bits per heavy atom. The molecule has 0 atom stereocenters. The standard InChI is InChI=1S/C15H22BrN3/c16-13-1-2-14(18-9-13)11-19(15-3-4-15)10-12-5-7-17-8-6-12/h1-2,9,12,15,17H,3-8,10-11H2. The highest BCUT2D eigenvalue weighted by atomic mass is 79.9. The second kappa shape index (κ2) is 6.33. The zero-order valence-electron chi connectivity index (χ0n) is 11.3. The summed E-state index contributed by atoms with van der Waals surface area (Å²) >= 11 is 3.45. The minimum atomic E-state index is 0.820. The van der Waals surface area contributed by atoms with Gasteiger partial charge in [-0.1, -0.05) is 0 Å². The molecule has 0 aromatic carbocycles. The van der Waals surface area contributed by atoms with Crippen molar-refractivity contribution in [2.75, 3.05) is 19.6 Å². The summed E-state index contributed by atoms with van der Waals surface area (Å²) in [5, 5.41) is 3.45. The van der Waals surface area contributed by atoms with Gasteiger partial charge in [0.25, 0.3) is 0 Å². The van der Waals surface area contributed by atoms with E-state index in [1.165, 1.54) is 51.0 Å². The van der Waals surface area contributed by atoms with E-state index in [0.29, 0.717) is 0 Å².